The zero-order valence-corrected chi connectivity index (χ0v) is 10.2. The van der Waals surface area contributed by atoms with E-state index in [0.29, 0.717) is 5.95 Å². The van der Waals surface area contributed by atoms with Crippen LogP contribution < -0.4 is 5.32 Å². The van der Waals surface area contributed by atoms with E-state index in [1.54, 1.807) is 42.7 Å². The van der Waals surface area contributed by atoms with E-state index < -0.39 is 0 Å². The third kappa shape index (κ3) is 3.74. The van der Waals surface area contributed by atoms with E-state index in [4.69, 9.17) is 5.11 Å². The van der Waals surface area contributed by atoms with Gasteiger partial charge in [0.1, 0.15) is 5.75 Å². The normalized spacial score (nSPS) is 10.0. The summed E-state index contributed by atoms with van der Waals surface area (Å²) in [4.78, 5) is 20.3. The lowest BCUT2D eigenvalue weighted by Crippen LogP contribution is -2.15. The quantitative estimate of drug-likeness (QED) is 0.822. The zero-order chi connectivity index (χ0) is 12.8. The Morgan fingerprint density at radius 2 is 1.89 bits per heavy atom. The van der Waals surface area contributed by atoms with Crippen LogP contribution in [0.1, 0.15) is 0 Å². The second-order valence-corrected chi connectivity index (χ2v) is 4.45. The molecule has 0 saturated heterocycles. The molecule has 2 rings (SSSR count). The first-order valence-electron chi connectivity index (χ1n) is 5.23. The number of hydrogen-bond donors (Lipinski definition) is 2. The van der Waals surface area contributed by atoms with Gasteiger partial charge in [0.2, 0.25) is 11.9 Å². The molecule has 18 heavy (non-hydrogen) atoms. The number of anilines is 1. The van der Waals surface area contributed by atoms with Gasteiger partial charge in [0.15, 0.2) is 0 Å². The molecule has 1 aromatic carbocycles. The van der Waals surface area contributed by atoms with Crippen molar-refractivity contribution in [3.8, 4) is 5.75 Å². The van der Waals surface area contributed by atoms with Crippen LogP contribution in [0.15, 0.2) is 47.6 Å². The third-order valence-corrected chi connectivity index (χ3v) is 3.04. The van der Waals surface area contributed by atoms with Gasteiger partial charge in [-0.2, -0.15) is 0 Å². The molecule has 0 atom stereocenters. The molecule has 0 aliphatic rings. The van der Waals surface area contributed by atoms with Gasteiger partial charge in [-0.25, -0.2) is 9.97 Å². The van der Waals surface area contributed by atoms with Crippen molar-refractivity contribution in [1.82, 2.24) is 9.97 Å². The summed E-state index contributed by atoms with van der Waals surface area (Å²) in [5, 5.41) is 11.7. The van der Waals surface area contributed by atoms with E-state index in [1.807, 2.05) is 0 Å². The van der Waals surface area contributed by atoms with Crippen LogP contribution in [0, 0.1) is 0 Å². The summed E-state index contributed by atoms with van der Waals surface area (Å²) in [7, 11) is 0. The average molecular weight is 261 g/mol. The number of aromatic hydroxyl groups is 1. The molecular formula is C12H11N3O2S. The van der Waals surface area contributed by atoms with Crippen LogP contribution in [0.25, 0.3) is 0 Å². The van der Waals surface area contributed by atoms with E-state index in [-0.39, 0.29) is 17.4 Å². The molecule has 2 N–H and O–H groups in total. The first-order valence-corrected chi connectivity index (χ1v) is 6.21. The monoisotopic (exact) mass is 261 g/mol. The Morgan fingerprint density at radius 3 is 2.56 bits per heavy atom. The second kappa shape index (κ2) is 6.02. The van der Waals surface area contributed by atoms with E-state index in [9.17, 15) is 4.79 Å². The van der Waals surface area contributed by atoms with E-state index >= 15 is 0 Å². The number of hydrogen-bond acceptors (Lipinski definition) is 5. The Morgan fingerprint density at radius 1 is 1.22 bits per heavy atom. The van der Waals surface area contributed by atoms with Crippen molar-refractivity contribution in [3.05, 3.63) is 42.7 Å². The summed E-state index contributed by atoms with van der Waals surface area (Å²) in [5.74, 6) is 0.609. The first-order chi connectivity index (χ1) is 8.74. The highest BCUT2D eigenvalue weighted by Gasteiger charge is 2.04. The molecule has 1 heterocycles. The number of phenols is 1. The fraction of sp³-hybridized carbons (Fsp3) is 0.0833. The lowest BCUT2D eigenvalue weighted by atomic mass is 10.3. The Kier molecular flexibility index (Phi) is 4.14. The molecule has 1 amide bonds. The molecule has 0 aliphatic heterocycles. The predicted octanol–water partition coefficient (Wildman–Crippen LogP) is 1.91. The van der Waals surface area contributed by atoms with Crippen molar-refractivity contribution in [2.24, 2.45) is 0 Å². The molecule has 92 valence electrons. The number of nitrogens with zero attached hydrogens (tertiary/aromatic N) is 2. The fourth-order valence-electron chi connectivity index (χ4n) is 1.22. The molecule has 0 saturated carbocycles. The van der Waals surface area contributed by atoms with Crippen LogP contribution in [-0.4, -0.2) is 26.7 Å². The van der Waals surface area contributed by atoms with Gasteiger partial charge >= 0.3 is 0 Å². The number of nitrogens with one attached hydrogen (secondary N) is 1. The Labute approximate surface area is 108 Å². The SMILES string of the molecule is O=C(CSc1ccc(O)cc1)Nc1ncccn1. The van der Waals surface area contributed by atoms with Crippen molar-refractivity contribution in [1.29, 1.82) is 0 Å². The van der Waals surface area contributed by atoms with Gasteiger partial charge in [0.05, 0.1) is 5.75 Å². The van der Waals surface area contributed by atoms with Gasteiger partial charge < -0.3 is 5.11 Å². The number of carbonyl (C=O) groups is 1. The summed E-state index contributed by atoms with van der Waals surface area (Å²) >= 11 is 1.38. The van der Waals surface area contributed by atoms with Crippen molar-refractivity contribution < 1.29 is 9.90 Å². The lowest BCUT2D eigenvalue weighted by Gasteiger charge is -2.03. The molecule has 0 aliphatic carbocycles. The number of aromatic nitrogens is 2. The van der Waals surface area contributed by atoms with Crippen LogP contribution >= 0.6 is 11.8 Å². The topological polar surface area (TPSA) is 75.1 Å². The number of phenolic OH excluding ortho intramolecular Hbond substituents is 1. The highest BCUT2D eigenvalue weighted by Crippen LogP contribution is 2.20. The van der Waals surface area contributed by atoms with Crippen molar-refractivity contribution in [3.63, 3.8) is 0 Å². The van der Waals surface area contributed by atoms with Crippen molar-refractivity contribution in [2.45, 2.75) is 4.90 Å². The van der Waals surface area contributed by atoms with Crippen molar-refractivity contribution in [2.75, 3.05) is 11.1 Å². The summed E-state index contributed by atoms with van der Waals surface area (Å²) in [6.45, 7) is 0. The van der Waals surface area contributed by atoms with Crippen molar-refractivity contribution >= 4 is 23.6 Å². The van der Waals surface area contributed by atoms with Crippen LogP contribution in [0.2, 0.25) is 0 Å². The lowest BCUT2D eigenvalue weighted by molar-refractivity contribution is -0.113. The smallest absolute Gasteiger partial charge is 0.237 e. The van der Waals surface area contributed by atoms with Crippen LogP contribution in [0.3, 0.4) is 0 Å². The molecule has 0 radical (unpaired) electrons. The minimum absolute atomic E-state index is 0.167. The van der Waals surface area contributed by atoms with Crippen LogP contribution in [-0.2, 0) is 4.79 Å². The molecular weight excluding hydrogens is 250 g/mol. The molecule has 6 heteroatoms. The fourth-order valence-corrected chi connectivity index (χ4v) is 1.91. The molecule has 0 spiro atoms. The van der Waals surface area contributed by atoms with Gasteiger partial charge in [0, 0.05) is 17.3 Å². The molecule has 0 unspecified atom stereocenters. The maximum Gasteiger partial charge on any atom is 0.237 e. The predicted molar refractivity (Wildman–Crippen MR) is 69.5 cm³/mol. The van der Waals surface area contributed by atoms with Crippen LogP contribution in [0.4, 0.5) is 5.95 Å². The first kappa shape index (κ1) is 12.4. The van der Waals surface area contributed by atoms with E-state index in [1.165, 1.54) is 11.8 Å². The summed E-state index contributed by atoms with van der Waals surface area (Å²) in [5.41, 5.74) is 0. The zero-order valence-electron chi connectivity index (χ0n) is 9.41. The highest BCUT2D eigenvalue weighted by atomic mass is 32.2. The van der Waals surface area contributed by atoms with Crippen LogP contribution in [0.5, 0.6) is 5.75 Å². The number of thioether (sulfide) groups is 1. The number of benzene rings is 1. The summed E-state index contributed by atoms with van der Waals surface area (Å²) in [6.07, 6.45) is 3.13. The molecule has 0 fully saturated rings. The number of carbonyl (C=O) groups excluding carboxylic acids is 1. The maximum absolute atomic E-state index is 11.6. The highest BCUT2D eigenvalue weighted by molar-refractivity contribution is 8.00. The molecule has 0 bridgehead atoms. The van der Waals surface area contributed by atoms with Gasteiger partial charge in [-0.15, -0.1) is 11.8 Å². The van der Waals surface area contributed by atoms with Gasteiger partial charge in [0.25, 0.3) is 0 Å². The van der Waals surface area contributed by atoms with E-state index in [0.717, 1.165) is 4.90 Å². The van der Waals surface area contributed by atoms with Gasteiger partial charge in [-0.1, -0.05) is 0 Å². The molecule has 2 aromatic rings. The number of rotatable bonds is 4. The van der Waals surface area contributed by atoms with Gasteiger partial charge in [-0.05, 0) is 30.3 Å². The average Bonchev–Trinajstić information content (AvgIpc) is 2.39. The summed E-state index contributed by atoms with van der Waals surface area (Å²) in [6, 6.07) is 8.36. The Bertz CT molecular complexity index is 517. The largest absolute Gasteiger partial charge is 0.508 e. The molecule has 1 aromatic heterocycles. The third-order valence-electron chi connectivity index (χ3n) is 2.02. The number of amides is 1. The molecule has 5 nitrogen and oxygen atoms in total. The van der Waals surface area contributed by atoms with E-state index in [2.05, 4.69) is 15.3 Å². The summed E-state index contributed by atoms with van der Waals surface area (Å²) < 4.78 is 0. The maximum atomic E-state index is 11.6. The standard InChI is InChI=1S/C12H11N3O2S/c16-9-2-4-10(5-3-9)18-8-11(17)15-12-13-6-1-7-14-12/h1-7,16H,8H2,(H,13,14,15,17). The Balaban J connectivity index is 1.83. The minimum atomic E-state index is -0.167. The second-order valence-electron chi connectivity index (χ2n) is 3.40. The van der Waals surface area contributed by atoms with Gasteiger partial charge in [-0.3, -0.25) is 10.1 Å². The minimum Gasteiger partial charge on any atom is -0.508 e. The Hall–Kier alpha value is -2.08.